The van der Waals surface area contributed by atoms with Crippen molar-refractivity contribution in [1.29, 1.82) is 0 Å². The summed E-state index contributed by atoms with van der Waals surface area (Å²) in [5, 5.41) is 15.1. The van der Waals surface area contributed by atoms with Gasteiger partial charge in [-0.3, -0.25) is 9.59 Å². The third kappa shape index (κ3) is 5.89. The van der Waals surface area contributed by atoms with Crippen molar-refractivity contribution in [3.05, 3.63) is 75.9 Å². The fourth-order valence-electron chi connectivity index (χ4n) is 2.89. The van der Waals surface area contributed by atoms with Crippen LogP contribution >= 0.6 is 0 Å². The van der Waals surface area contributed by atoms with Gasteiger partial charge < -0.3 is 24.9 Å². The van der Waals surface area contributed by atoms with E-state index in [-0.39, 0.29) is 12.4 Å². The number of carbonyl (C=O) groups is 2. The first kappa shape index (κ1) is 22.0. The van der Waals surface area contributed by atoms with E-state index < -0.39 is 36.7 Å². The van der Waals surface area contributed by atoms with Crippen LogP contribution in [-0.2, 0) is 16.1 Å². The maximum absolute atomic E-state index is 12.9. The van der Waals surface area contributed by atoms with Crippen molar-refractivity contribution in [3.8, 4) is 5.75 Å². The molecule has 3 aromatic rings. The molecule has 0 spiro atoms. The number of aliphatic hydroxyl groups excluding tert-OH is 1. The molecule has 3 rings (SSSR count). The molecule has 2 aromatic carbocycles. The predicted molar refractivity (Wildman–Crippen MR) is 110 cm³/mol. The maximum Gasteiger partial charge on any atom is 0.336 e. The third-order valence-electron chi connectivity index (χ3n) is 4.51. The zero-order valence-electron chi connectivity index (χ0n) is 16.7. The number of nitrogens with one attached hydrogen (secondary N) is 2. The summed E-state index contributed by atoms with van der Waals surface area (Å²) in [5.74, 6) is -1.30. The monoisotopic (exact) mass is 428 g/mol. The summed E-state index contributed by atoms with van der Waals surface area (Å²) in [6, 6.07) is 10.6. The Morgan fingerprint density at radius 2 is 1.90 bits per heavy atom. The number of ether oxygens (including phenoxy) is 1. The largest absolute Gasteiger partial charge is 0.484 e. The number of carbonyl (C=O) groups excluding carboxylic acids is 2. The smallest absolute Gasteiger partial charge is 0.336 e. The molecule has 0 aliphatic rings. The lowest BCUT2D eigenvalue weighted by molar-refractivity contribution is -0.131. The van der Waals surface area contributed by atoms with E-state index in [0.29, 0.717) is 16.9 Å². The molecule has 0 saturated carbocycles. The van der Waals surface area contributed by atoms with E-state index in [1.54, 1.807) is 19.1 Å². The fourth-order valence-corrected chi connectivity index (χ4v) is 2.89. The lowest BCUT2D eigenvalue weighted by Crippen LogP contribution is -2.49. The number of hydrogen-bond acceptors (Lipinski definition) is 6. The van der Waals surface area contributed by atoms with Crippen LogP contribution in [0, 0.1) is 12.7 Å². The van der Waals surface area contributed by atoms with Gasteiger partial charge in [0, 0.05) is 24.1 Å². The van der Waals surface area contributed by atoms with Crippen molar-refractivity contribution in [3.63, 3.8) is 0 Å². The van der Waals surface area contributed by atoms with Crippen LogP contribution in [0.2, 0.25) is 0 Å². The van der Waals surface area contributed by atoms with E-state index in [9.17, 15) is 23.9 Å². The minimum absolute atomic E-state index is 0.115. The number of fused-ring (bicyclic) bond motifs is 1. The topological polar surface area (TPSA) is 118 Å². The average molecular weight is 428 g/mol. The van der Waals surface area contributed by atoms with Crippen molar-refractivity contribution in [2.45, 2.75) is 19.5 Å². The van der Waals surface area contributed by atoms with E-state index in [4.69, 9.17) is 9.15 Å². The van der Waals surface area contributed by atoms with Gasteiger partial charge in [0.15, 0.2) is 6.61 Å². The molecule has 1 heterocycles. The molecule has 1 aromatic heterocycles. The van der Waals surface area contributed by atoms with Gasteiger partial charge >= 0.3 is 5.63 Å². The van der Waals surface area contributed by atoms with Crippen molar-refractivity contribution >= 4 is 22.8 Å². The van der Waals surface area contributed by atoms with Crippen molar-refractivity contribution < 1.29 is 28.2 Å². The van der Waals surface area contributed by atoms with Gasteiger partial charge in [0.25, 0.3) is 5.91 Å². The molecular formula is C22H21FN2O6. The van der Waals surface area contributed by atoms with Crippen molar-refractivity contribution in [1.82, 2.24) is 10.6 Å². The van der Waals surface area contributed by atoms with Crippen molar-refractivity contribution in [2.75, 3.05) is 13.2 Å². The van der Waals surface area contributed by atoms with E-state index in [0.717, 1.165) is 10.9 Å². The molecule has 0 bridgehead atoms. The van der Waals surface area contributed by atoms with Gasteiger partial charge in [-0.05, 0) is 42.3 Å². The van der Waals surface area contributed by atoms with Gasteiger partial charge in [0.1, 0.15) is 23.2 Å². The Hall–Kier alpha value is -3.72. The Morgan fingerprint density at radius 3 is 2.61 bits per heavy atom. The van der Waals surface area contributed by atoms with Crippen LogP contribution in [0.1, 0.15) is 11.1 Å². The van der Waals surface area contributed by atoms with Crippen molar-refractivity contribution in [2.24, 2.45) is 0 Å². The second-order valence-electron chi connectivity index (χ2n) is 6.84. The third-order valence-corrected chi connectivity index (χ3v) is 4.51. The van der Waals surface area contributed by atoms with Crippen LogP contribution in [-0.4, -0.2) is 36.2 Å². The van der Waals surface area contributed by atoms with Crippen LogP contribution in [0.3, 0.4) is 0 Å². The lowest BCUT2D eigenvalue weighted by atomic mass is 10.1. The second kappa shape index (κ2) is 9.86. The summed E-state index contributed by atoms with van der Waals surface area (Å²) < 4.78 is 23.4. The second-order valence-corrected chi connectivity index (χ2v) is 6.84. The molecule has 0 unspecified atom stereocenters. The number of hydrogen-bond donors (Lipinski definition) is 3. The zero-order valence-corrected chi connectivity index (χ0v) is 16.7. The van der Waals surface area contributed by atoms with Crippen LogP contribution in [0.4, 0.5) is 4.39 Å². The minimum atomic E-state index is -1.17. The number of aryl methyl sites for hydroxylation is 1. The lowest BCUT2D eigenvalue weighted by Gasteiger charge is -2.16. The van der Waals surface area contributed by atoms with Gasteiger partial charge in [-0.2, -0.15) is 0 Å². The first-order valence-corrected chi connectivity index (χ1v) is 9.45. The zero-order chi connectivity index (χ0) is 22.4. The van der Waals surface area contributed by atoms with Crippen LogP contribution < -0.4 is 21.0 Å². The summed E-state index contributed by atoms with van der Waals surface area (Å²) >= 11 is 0. The Labute approximate surface area is 176 Å². The molecule has 162 valence electrons. The molecule has 0 fully saturated rings. The molecule has 1 atom stereocenters. The van der Waals surface area contributed by atoms with Gasteiger partial charge in [0.05, 0.1) is 6.61 Å². The summed E-state index contributed by atoms with van der Waals surface area (Å²) in [6.07, 6.45) is 0. The predicted octanol–water partition coefficient (Wildman–Crippen LogP) is 1.41. The highest BCUT2D eigenvalue weighted by Gasteiger charge is 2.20. The maximum atomic E-state index is 12.9. The first-order chi connectivity index (χ1) is 14.9. The molecule has 0 saturated heterocycles. The summed E-state index contributed by atoms with van der Waals surface area (Å²) in [5.41, 5.74) is 1.26. The molecule has 0 aliphatic carbocycles. The van der Waals surface area contributed by atoms with E-state index in [1.807, 2.05) is 0 Å². The summed E-state index contributed by atoms with van der Waals surface area (Å²) in [7, 11) is 0. The van der Waals surface area contributed by atoms with Gasteiger partial charge in [-0.1, -0.05) is 12.1 Å². The Balaban J connectivity index is 1.53. The molecule has 0 radical (unpaired) electrons. The minimum Gasteiger partial charge on any atom is -0.484 e. The molecule has 2 amide bonds. The van der Waals surface area contributed by atoms with E-state index in [2.05, 4.69) is 10.6 Å². The Morgan fingerprint density at radius 1 is 1.16 bits per heavy atom. The molecule has 31 heavy (non-hydrogen) atoms. The Kier molecular flexibility index (Phi) is 6.99. The fraction of sp³-hybridized carbons (Fsp3) is 0.227. The van der Waals surface area contributed by atoms with Gasteiger partial charge in [0.2, 0.25) is 5.91 Å². The molecule has 3 N–H and O–H groups in total. The number of aliphatic hydroxyl groups is 1. The normalized spacial score (nSPS) is 11.7. The molecular weight excluding hydrogens is 407 g/mol. The van der Waals surface area contributed by atoms with Crippen LogP contribution in [0.15, 0.2) is 57.7 Å². The summed E-state index contributed by atoms with van der Waals surface area (Å²) in [6.45, 7) is 0.873. The molecule has 0 aliphatic heterocycles. The number of halogens is 1. The van der Waals surface area contributed by atoms with Crippen LogP contribution in [0.5, 0.6) is 5.75 Å². The number of amides is 2. The highest BCUT2D eigenvalue weighted by Crippen LogP contribution is 2.22. The molecule has 9 heteroatoms. The van der Waals surface area contributed by atoms with Crippen LogP contribution in [0.25, 0.3) is 11.0 Å². The highest BCUT2D eigenvalue weighted by molar-refractivity contribution is 5.88. The highest BCUT2D eigenvalue weighted by atomic mass is 19.1. The van der Waals surface area contributed by atoms with E-state index in [1.165, 1.54) is 36.4 Å². The van der Waals surface area contributed by atoms with Gasteiger partial charge in [-0.15, -0.1) is 0 Å². The van der Waals surface area contributed by atoms with Gasteiger partial charge in [-0.25, -0.2) is 9.18 Å². The Bertz CT molecular complexity index is 1140. The average Bonchev–Trinajstić information content (AvgIpc) is 2.75. The van der Waals surface area contributed by atoms with E-state index >= 15 is 0 Å². The SMILES string of the molecule is Cc1cc(=O)oc2cc(OCC(=O)N[C@@H](CO)C(=O)NCc3ccc(F)cc3)ccc12. The number of rotatable bonds is 8. The quantitative estimate of drug-likeness (QED) is 0.467. The standard InChI is InChI=1S/C22H21FN2O6/c1-13-8-21(28)31-19-9-16(6-7-17(13)19)30-12-20(27)25-18(11-26)22(29)24-10-14-2-4-15(23)5-3-14/h2-9,18,26H,10-12H2,1H3,(H,24,29)(H,25,27)/t18-/m0/s1. The first-order valence-electron chi connectivity index (χ1n) is 9.45. The summed E-state index contributed by atoms with van der Waals surface area (Å²) in [4.78, 5) is 35.8. The number of benzene rings is 2. The molecule has 8 nitrogen and oxygen atoms in total.